The summed E-state index contributed by atoms with van der Waals surface area (Å²) in [4.78, 5) is 7.97. The highest BCUT2D eigenvalue weighted by Crippen LogP contribution is 2.19. The van der Waals surface area contributed by atoms with Gasteiger partial charge in [-0.1, -0.05) is 0 Å². The molecule has 0 bridgehead atoms. The van der Waals surface area contributed by atoms with Crippen LogP contribution >= 0.6 is 0 Å². The molecule has 2 rings (SSSR count). The molecule has 0 amide bonds. The molecule has 4 N–H and O–H groups in total. The van der Waals surface area contributed by atoms with Crippen molar-refractivity contribution >= 4 is 5.82 Å². The Kier molecular flexibility index (Phi) is 2.97. The van der Waals surface area contributed by atoms with E-state index in [9.17, 15) is 8.78 Å². The van der Waals surface area contributed by atoms with Gasteiger partial charge in [-0.25, -0.2) is 18.7 Å². The second kappa shape index (κ2) is 4.42. The third-order valence-corrected chi connectivity index (χ3v) is 2.30. The lowest BCUT2D eigenvalue weighted by Crippen LogP contribution is -2.05. The average molecular weight is 236 g/mol. The molecule has 0 spiro atoms. The van der Waals surface area contributed by atoms with Crippen molar-refractivity contribution in [2.75, 3.05) is 5.73 Å². The van der Waals surface area contributed by atoms with Crippen molar-refractivity contribution in [3.8, 4) is 11.4 Å². The predicted octanol–water partition coefficient (Wildman–Crippen LogP) is 1.46. The topological polar surface area (TPSA) is 77.8 Å². The number of rotatable bonds is 2. The number of benzene rings is 1. The number of nitrogens with two attached hydrogens (primary N) is 2. The first-order valence-corrected chi connectivity index (χ1v) is 4.88. The smallest absolute Gasteiger partial charge is 0.161 e. The summed E-state index contributed by atoms with van der Waals surface area (Å²) in [6.45, 7) is 0.226. The van der Waals surface area contributed by atoms with Crippen molar-refractivity contribution in [3.05, 3.63) is 41.6 Å². The Balaban J connectivity index is 2.46. The van der Waals surface area contributed by atoms with E-state index in [0.29, 0.717) is 11.1 Å². The molecule has 0 aliphatic carbocycles. The number of nitrogen functional groups attached to an aromatic ring is 1. The minimum absolute atomic E-state index is 0.226. The summed E-state index contributed by atoms with van der Waals surface area (Å²) in [5.74, 6) is -1.39. The number of aromatic nitrogens is 2. The normalized spacial score (nSPS) is 10.5. The summed E-state index contributed by atoms with van der Waals surface area (Å²) >= 11 is 0. The summed E-state index contributed by atoms with van der Waals surface area (Å²) in [5.41, 5.74) is 12.0. The lowest BCUT2D eigenvalue weighted by molar-refractivity contribution is 0.509. The molecule has 17 heavy (non-hydrogen) atoms. The average Bonchev–Trinajstić information content (AvgIpc) is 2.32. The van der Waals surface area contributed by atoms with Gasteiger partial charge in [-0.3, -0.25) is 0 Å². The number of hydrogen-bond acceptors (Lipinski definition) is 4. The van der Waals surface area contributed by atoms with Gasteiger partial charge in [0.25, 0.3) is 0 Å². The molecule has 0 unspecified atom stereocenters. The maximum atomic E-state index is 13.0. The monoisotopic (exact) mass is 236 g/mol. The molecule has 0 fully saturated rings. The van der Waals surface area contributed by atoms with Gasteiger partial charge in [0, 0.05) is 23.9 Å². The SMILES string of the molecule is NCc1cnc(-c2ccc(F)c(F)c2)nc1N. The summed E-state index contributed by atoms with van der Waals surface area (Å²) < 4.78 is 25.8. The van der Waals surface area contributed by atoms with Gasteiger partial charge in [-0.15, -0.1) is 0 Å². The van der Waals surface area contributed by atoms with Crippen LogP contribution in [0.1, 0.15) is 5.56 Å². The van der Waals surface area contributed by atoms with Crippen LogP contribution in [0, 0.1) is 11.6 Å². The predicted molar refractivity (Wildman–Crippen MR) is 59.7 cm³/mol. The third-order valence-electron chi connectivity index (χ3n) is 2.30. The van der Waals surface area contributed by atoms with Gasteiger partial charge in [-0.2, -0.15) is 0 Å². The van der Waals surface area contributed by atoms with E-state index in [1.807, 2.05) is 0 Å². The molecule has 0 aliphatic rings. The molecule has 0 radical (unpaired) electrons. The van der Waals surface area contributed by atoms with E-state index < -0.39 is 11.6 Å². The molecule has 4 nitrogen and oxygen atoms in total. The fraction of sp³-hybridized carbons (Fsp3) is 0.0909. The van der Waals surface area contributed by atoms with Gasteiger partial charge in [0.1, 0.15) is 5.82 Å². The summed E-state index contributed by atoms with van der Waals surface area (Å²) in [6, 6.07) is 3.42. The zero-order valence-electron chi connectivity index (χ0n) is 8.82. The van der Waals surface area contributed by atoms with Gasteiger partial charge in [0.15, 0.2) is 17.5 Å². The van der Waals surface area contributed by atoms with Crippen LogP contribution in [0.25, 0.3) is 11.4 Å². The van der Waals surface area contributed by atoms with Crippen LogP contribution in [0.15, 0.2) is 24.4 Å². The third kappa shape index (κ3) is 2.21. The van der Waals surface area contributed by atoms with Gasteiger partial charge >= 0.3 is 0 Å². The van der Waals surface area contributed by atoms with Gasteiger partial charge in [0.05, 0.1) is 0 Å². The zero-order valence-corrected chi connectivity index (χ0v) is 8.82. The molecule has 0 saturated heterocycles. The van der Waals surface area contributed by atoms with Crippen LogP contribution in [0.2, 0.25) is 0 Å². The van der Waals surface area contributed by atoms with Crippen molar-refractivity contribution in [2.24, 2.45) is 5.73 Å². The molecule has 0 aliphatic heterocycles. The first-order valence-electron chi connectivity index (χ1n) is 4.88. The Bertz CT molecular complexity index is 557. The number of halogens is 2. The first kappa shape index (κ1) is 11.4. The molecular weight excluding hydrogens is 226 g/mol. The standard InChI is InChI=1S/C11H10F2N4/c12-8-2-1-6(3-9(8)13)11-16-5-7(4-14)10(15)17-11/h1-3,5H,4,14H2,(H2,15,16,17). The number of hydrogen-bond donors (Lipinski definition) is 2. The second-order valence-corrected chi connectivity index (χ2v) is 3.44. The van der Waals surface area contributed by atoms with Crippen LogP contribution in [0.5, 0.6) is 0 Å². The van der Waals surface area contributed by atoms with Gasteiger partial charge in [-0.05, 0) is 18.2 Å². The van der Waals surface area contributed by atoms with Gasteiger partial charge in [0.2, 0.25) is 0 Å². The molecule has 1 heterocycles. The highest BCUT2D eigenvalue weighted by molar-refractivity contribution is 5.57. The molecule has 0 atom stereocenters. The van der Waals surface area contributed by atoms with E-state index in [1.165, 1.54) is 12.3 Å². The fourth-order valence-electron chi connectivity index (χ4n) is 1.35. The molecule has 0 saturated carbocycles. The maximum Gasteiger partial charge on any atom is 0.161 e. The molecule has 1 aromatic heterocycles. The van der Waals surface area contributed by atoms with E-state index in [4.69, 9.17) is 11.5 Å². The summed E-state index contributed by atoms with van der Waals surface area (Å²) in [5, 5.41) is 0. The van der Waals surface area contributed by atoms with Crippen LogP contribution < -0.4 is 11.5 Å². The number of nitrogens with zero attached hydrogens (tertiary/aromatic N) is 2. The van der Waals surface area contributed by atoms with Crippen LogP contribution in [0.3, 0.4) is 0 Å². The van der Waals surface area contributed by atoms with Crippen molar-refractivity contribution < 1.29 is 8.78 Å². The van der Waals surface area contributed by atoms with Crippen molar-refractivity contribution in [3.63, 3.8) is 0 Å². The zero-order chi connectivity index (χ0) is 12.4. The molecule has 88 valence electrons. The van der Waals surface area contributed by atoms with Crippen LogP contribution in [-0.2, 0) is 6.54 Å². The van der Waals surface area contributed by atoms with Gasteiger partial charge < -0.3 is 11.5 Å². The lowest BCUT2D eigenvalue weighted by atomic mass is 10.2. The minimum atomic E-state index is -0.951. The Morgan fingerprint density at radius 1 is 1.18 bits per heavy atom. The van der Waals surface area contributed by atoms with E-state index in [2.05, 4.69) is 9.97 Å². The Morgan fingerprint density at radius 2 is 1.94 bits per heavy atom. The van der Waals surface area contributed by atoms with E-state index >= 15 is 0 Å². The van der Waals surface area contributed by atoms with Crippen LogP contribution in [0.4, 0.5) is 14.6 Å². The first-order chi connectivity index (χ1) is 8.11. The lowest BCUT2D eigenvalue weighted by Gasteiger charge is -2.05. The summed E-state index contributed by atoms with van der Waals surface area (Å²) in [7, 11) is 0. The van der Waals surface area contributed by atoms with E-state index in [-0.39, 0.29) is 18.2 Å². The Labute approximate surface area is 96.3 Å². The molecule has 2 aromatic rings. The minimum Gasteiger partial charge on any atom is -0.383 e. The fourth-order valence-corrected chi connectivity index (χ4v) is 1.35. The second-order valence-electron chi connectivity index (χ2n) is 3.44. The van der Waals surface area contributed by atoms with Crippen molar-refractivity contribution in [1.29, 1.82) is 0 Å². The Hall–Kier alpha value is -2.08. The largest absolute Gasteiger partial charge is 0.383 e. The molecule has 1 aromatic carbocycles. The maximum absolute atomic E-state index is 13.0. The summed E-state index contributed by atoms with van der Waals surface area (Å²) in [6.07, 6.45) is 1.47. The molecule has 6 heteroatoms. The van der Waals surface area contributed by atoms with Crippen molar-refractivity contribution in [1.82, 2.24) is 9.97 Å². The number of anilines is 1. The highest BCUT2D eigenvalue weighted by Gasteiger charge is 2.08. The van der Waals surface area contributed by atoms with E-state index in [0.717, 1.165) is 12.1 Å². The highest BCUT2D eigenvalue weighted by atomic mass is 19.2. The Morgan fingerprint density at radius 3 is 2.53 bits per heavy atom. The quantitative estimate of drug-likeness (QED) is 0.827. The van der Waals surface area contributed by atoms with Crippen molar-refractivity contribution in [2.45, 2.75) is 6.54 Å². The van der Waals surface area contributed by atoms with Crippen LogP contribution in [-0.4, -0.2) is 9.97 Å². The molecular formula is C11H10F2N4. The van der Waals surface area contributed by atoms with E-state index in [1.54, 1.807) is 0 Å².